The maximum Gasteiger partial charge on any atom is 0.421 e. The number of rotatable bonds is 2. The molecule has 3 nitrogen and oxygen atoms in total. The number of hydrogen-bond donors (Lipinski definition) is 2. The molecule has 0 heterocycles. The molecule has 1 rings (SSSR count). The molecule has 0 fully saturated rings. The molecule has 0 spiro atoms. The number of hydrogen-bond acceptors (Lipinski definition) is 2. The summed E-state index contributed by atoms with van der Waals surface area (Å²) in [5.74, 6) is -3.63. The molecule has 3 N–H and O–H groups in total. The molecule has 0 radical (unpaired) electrons. The first-order valence-electron chi connectivity index (χ1n) is 4.88. The summed E-state index contributed by atoms with van der Waals surface area (Å²) in [6.07, 6.45) is -5.31. The van der Waals surface area contributed by atoms with Gasteiger partial charge in [0.1, 0.15) is 5.82 Å². The Kier molecular flexibility index (Phi) is 3.40. The topological polar surface area (TPSA) is 63.3 Å². The summed E-state index contributed by atoms with van der Waals surface area (Å²) in [6, 6.07) is 2.06. The quantitative estimate of drug-likeness (QED) is 0.806. The first kappa shape index (κ1) is 14.4. The lowest BCUT2D eigenvalue weighted by molar-refractivity contribution is -0.205. The maximum absolute atomic E-state index is 13.7. The van der Waals surface area contributed by atoms with Crippen LogP contribution in [-0.4, -0.2) is 17.3 Å². The molecular weight excluding hydrogens is 254 g/mol. The Morgan fingerprint density at radius 1 is 1.28 bits per heavy atom. The lowest BCUT2D eigenvalue weighted by atomic mass is 9.86. The highest BCUT2D eigenvalue weighted by Crippen LogP contribution is 2.40. The van der Waals surface area contributed by atoms with E-state index in [0.29, 0.717) is 5.56 Å². The fraction of sp³-hybridized carbons (Fsp3) is 0.364. The van der Waals surface area contributed by atoms with Gasteiger partial charge in [0.25, 0.3) is 0 Å². The van der Waals surface area contributed by atoms with Crippen LogP contribution < -0.4 is 5.73 Å². The molecule has 0 amide bonds. The number of carbonyl (C=O) groups is 1. The van der Waals surface area contributed by atoms with Gasteiger partial charge in [0.15, 0.2) is 0 Å². The van der Waals surface area contributed by atoms with Crippen molar-refractivity contribution >= 4 is 5.97 Å². The highest BCUT2D eigenvalue weighted by Gasteiger charge is 2.61. The van der Waals surface area contributed by atoms with Crippen molar-refractivity contribution in [2.75, 3.05) is 0 Å². The number of nitrogens with two attached hydrogens (primary N) is 1. The Hall–Kier alpha value is -1.63. The van der Waals surface area contributed by atoms with E-state index in [0.717, 1.165) is 6.07 Å². The number of carboxylic acids is 1. The van der Waals surface area contributed by atoms with E-state index in [2.05, 4.69) is 0 Å². The average molecular weight is 265 g/mol. The van der Waals surface area contributed by atoms with Gasteiger partial charge in [-0.25, -0.2) is 9.18 Å². The van der Waals surface area contributed by atoms with Gasteiger partial charge in [-0.3, -0.25) is 0 Å². The van der Waals surface area contributed by atoms with Crippen molar-refractivity contribution < 1.29 is 27.5 Å². The van der Waals surface area contributed by atoms with Crippen molar-refractivity contribution in [3.63, 3.8) is 0 Å². The second kappa shape index (κ2) is 4.24. The van der Waals surface area contributed by atoms with Gasteiger partial charge in [-0.1, -0.05) is 6.07 Å². The number of aliphatic carboxylic acids is 1. The second-order valence-corrected chi connectivity index (χ2v) is 4.05. The first-order chi connectivity index (χ1) is 8.01. The molecule has 1 aromatic carbocycles. The Morgan fingerprint density at radius 2 is 1.78 bits per heavy atom. The minimum Gasteiger partial charge on any atom is -0.479 e. The van der Waals surface area contributed by atoms with Crippen LogP contribution in [0.15, 0.2) is 12.1 Å². The molecule has 0 saturated heterocycles. The van der Waals surface area contributed by atoms with Gasteiger partial charge in [-0.15, -0.1) is 0 Å². The number of halogens is 4. The number of aryl methyl sites for hydroxylation is 2. The zero-order valence-electron chi connectivity index (χ0n) is 9.60. The van der Waals surface area contributed by atoms with Crippen LogP contribution in [0.1, 0.15) is 16.7 Å². The van der Waals surface area contributed by atoms with Crippen molar-refractivity contribution in [3.8, 4) is 0 Å². The summed E-state index contributed by atoms with van der Waals surface area (Å²) in [4.78, 5) is 10.8. The standard InChI is InChI=1S/C11H11F4NO2/c1-5-3-6(2)8(7(12)4-5)10(16,9(17)18)11(13,14)15/h3-4H,16H2,1-2H3,(H,17,18). The third kappa shape index (κ3) is 2.05. The molecule has 0 aromatic heterocycles. The summed E-state index contributed by atoms with van der Waals surface area (Å²) < 4.78 is 52.1. The van der Waals surface area contributed by atoms with Crippen LogP contribution in [0.2, 0.25) is 0 Å². The van der Waals surface area contributed by atoms with Gasteiger partial charge in [-0.2, -0.15) is 13.2 Å². The summed E-state index contributed by atoms with van der Waals surface area (Å²) in [7, 11) is 0. The molecule has 0 bridgehead atoms. The third-order valence-corrected chi connectivity index (χ3v) is 2.61. The van der Waals surface area contributed by atoms with Crippen LogP contribution in [0.5, 0.6) is 0 Å². The molecule has 1 unspecified atom stereocenters. The van der Waals surface area contributed by atoms with E-state index in [1.54, 1.807) is 0 Å². The largest absolute Gasteiger partial charge is 0.479 e. The van der Waals surface area contributed by atoms with Crippen LogP contribution in [0.4, 0.5) is 17.6 Å². The van der Waals surface area contributed by atoms with Gasteiger partial charge < -0.3 is 10.8 Å². The summed E-state index contributed by atoms with van der Waals surface area (Å²) in [5, 5.41) is 8.73. The summed E-state index contributed by atoms with van der Waals surface area (Å²) in [6.45, 7) is 2.66. The lowest BCUT2D eigenvalue weighted by Crippen LogP contribution is -2.57. The van der Waals surface area contributed by atoms with Gasteiger partial charge >= 0.3 is 12.1 Å². The Morgan fingerprint density at radius 3 is 2.11 bits per heavy atom. The second-order valence-electron chi connectivity index (χ2n) is 4.05. The van der Waals surface area contributed by atoms with Gasteiger partial charge in [0.05, 0.1) is 0 Å². The van der Waals surface area contributed by atoms with Crippen LogP contribution >= 0.6 is 0 Å². The monoisotopic (exact) mass is 265 g/mol. The lowest BCUT2D eigenvalue weighted by Gasteiger charge is -2.29. The van der Waals surface area contributed by atoms with E-state index in [1.165, 1.54) is 19.9 Å². The van der Waals surface area contributed by atoms with Crippen molar-refractivity contribution in [2.45, 2.75) is 25.6 Å². The zero-order valence-corrected chi connectivity index (χ0v) is 9.60. The van der Waals surface area contributed by atoms with E-state index < -0.39 is 29.1 Å². The van der Waals surface area contributed by atoms with E-state index in [1.807, 2.05) is 0 Å². The highest BCUT2D eigenvalue weighted by molar-refractivity contribution is 5.82. The van der Waals surface area contributed by atoms with Gasteiger partial charge in [0, 0.05) is 5.56 Å². The minimum absolute atomic E-state index is 0.158. The SMILES string of the molecule is Cc1cc(C)c(C(N)(C(=O)O)C(F)(F)F)c(F)c1. The molecule has 0 saturated carbocycles. The number of alkyl halides is 3. The van der Waals surface area contributed by atoms with E-state index in [9.17, 15) is 22.4 Å². The maximum atomic E-state index is 13.7. The normalized spacial score (nSPS) is 15.3. The zero-order chi connectivity index (χ0) is 14.3. The molecule has 0 aliphatic carbocycles. The average Bonchev–Trinajstić information content (AvgIpc) is 2.13. The molecule has 7 heteroatoms. The van der Waals surface area contributed by atoms with E-state index in [4.69, 9.17) is 10.8 Å². The van der Waals surface area contributed by atoms with Crippen LogP contribution in [0.3, 0.4) is 0 Å². The van der Waals surface area contributed by atoms with Crippen molar-refractivity contribution in [1.82, 2.24) is 0 Å². The number of carboxylic acid groups (broad SMARTS) is 1. The molecule has 100 valence electrons. The fourth-order valence-corrected chi connectivity index (χ4v) is 1.79. The van der Waals surface area contributed by atoms with Crippen molar-refractivity contribution in [2.24, 2.45) is 5.73 Å². The summed E-state index contributed by atoms with van der Waals surface area (Å²) >= 11 is 0. The van der Waals surface area contributed by atoms with E-state index >= 15 is 0 Å². The van der Waals surface area contributed by atoms with Crippen molar-refractivity contribution in [3.05, 3.63) is 34.6 Å². The minimum atomic E-state index is -5.31. The molecule has 1 aromatic rings. The van der Waals surface area contributed by atoms with E-state index in [-0.39, 0.29) is 5.56 Å². The Balaban J connectivity index is 3.66. The highest BCUT2D eigenvalue weighted by atomic mass is 19.4. The summed E-state index contributed by atoms with van der Waals surface area (Å²) in [5.41, 5.74) is 0.330. The smallest absolute Gasteiger partial charge is 0.421 e. The first-order valence-corrected chi connectivity index (χ1v) is 4.88. The Labute approximate surface area is 100 Å². The molecule has 18 heavy (non-hydrogen) atoms. The molecular formula is C11H11F4NO2. The Bertz CT molecular complexity index is 475. The molecule has 1 atom stereocenters. The predicted molar refractivity (Wildman–Crippen MR) is 55.4 cm³/mol. The van der Waals surface area contributed by atoms with Crippen molar-refractivity contribution in [1.29, 1.82) is 0 Å². The van der Waals surface area contributed by atoms with Crippen LogP contribution in [0.25, 0.3) is 0 Å². The third-order valence-electron chi connectivity index (χ3n) is 2.61. The van der Waals surface area contributed by atoms with Crippen LogP contribution in [-0.2, 0) is 10.3 Å². The van der Waals surface area contributed by atoms with Crippen LogP contribution in [0, 0.1) is 19.7 Å². The molecule has 0 aliphatic heterocycles. The fourth-order valence-electron chi connectivity index (χ4n) is 1.79. The predicted octanol–water partition coefficient (Wildman–Crippen LogP) is 2.24. The molecule has 0 aliphatic rings. The number of benzene rings is 1. The van der Waals surface area contributed by atoms with Gasteiger partial charge in [-0.05, 0) is 31.0 Å². The van der Waals surface area contributed by atoms with Gasteiger partial charge in [0.2, 0.25) is 5.54 Å².